The first-order valence-electron chi connectivity index (χ1n) is 9.04. The molecule has 0 saturated carbocycles. The number of nitrogens with zero attached hydrogens (tertiary/aromatic N) is 3. The molecule has 174 valence electrons. The highest BCUT2D eigenvalue weighted by Gasteiger charge is 2.31. The summed E-state index contributed by atoms with van der Waals surface area (Å²) < 4.78 is 65.3. The number of aromatic nitrogens is 2. The summed E-state index contributed by atoms with van der Waals surface area (Å²) in [6.07, 6.45) is -1.58. The number of hydrogen-bond donors (Lipinski definition) is 1. The van der Waals surface area contributed by atoms with Gasteiger partial charge in [0.2, 0.25) is 0 Å². The van der Waals surface area contributed by atoms with Crippen molar-refractivity contribution in [3.63, 3.8) is 0 Å². The number of thioether (sulfide) groups is 1. The summed E-state index contributed by atoms with van der Waals surface area (Å²) in [5.41, 5.74) is -6.34. The second kappa shape index (κ2) is 9.37. The van der Waals surface area contributed by atoms with Crippen molar-refractivity contribution in [2.75, 3.05) is 0 Å². The smallest absolute Gasteiger partial charge is 0.332 e. The van der Waals surface area contributed by atoms with Crippen LogP contribution in [0.3, 0.4) is 0 Å². The van der Waals surface area contributed by atoms with Gasteiger partial charge < -0.3 is 5.32 Å². The predicted octanol–water partition coefficient (Wildman–Crippen LogP) is 6.60. The molecule has 0 radical (unpaired) electrons. The monoisotopic (exact) mass is 522 g/mol. The number of amides is 1. The SMILES string of the molecule is CC(C#N)(Cn1cc2c(C(F)F)cc(Cl)c(Cl)c2n1)NC(=O)c1ccc(SC(F)(F)F)cc1. The maximum Gasteiger partial charge on any atom is 0.446 e. The van der Waals surface area contributed by atoms with Gasteiger partial charge in [0.25, 0.3) is 12.3 Å². The fraction of sp³-hybridized carbons (Fsp3) is 0.250. The fourth-order valence-electron chi connectivity index (χ4n) is 3.00. The highest BCUT2D eigenvalue weighted by atomic mass is 35.5. The van der Waals surface area contributed by atoms with E-state index in [1.807, 2.05) is 6.07 Å². The van der Waals surface area contributed by atoms with E-state index < -0.39 is 23.4 Å². The van der Waals surface area contributed by atoms with Crippen molar-refractivity contribution < 1.29 is 26.7 Å². The molecule has 2 aromatic carbocycles. The van der Waals surface area contributed by atoms with E-state index in [4.69, 9.17) is 23.2 Å². The number of rotatable bonds is 6. The summed E-state index contributed by atoms with van der Waals surface area (Å²) in [6.45, 7) is 1.15. The van der Waals surface area contributed by atoms with Gasteiger partial charge in [0, 0.05) is 27.6 Å². The molecule has 33 heavy (non-hydrogen) atoms. The molecule has 1 aromatic heterocycles. The van der Waals surface area contributed by atoms with E-state index in [1.54, 1.807) is 0 Å². The summed E-state index contributed by atoms with van der Waals surface area (Å²) in [4.78, 5) is 12.5. The lowest BCUT2D eigenvalue weighted by Gasteiger charge is -2.23. The van der Waals surface area contributed by atoms with Gasteiger partial charge in [-0.3, -0.25) is 9.48 Å². The van der Waals surface area contributed by atoms with E-state index in [-0.39, 0.29) is 55.3 Å². The van der Waals surface area contributed by atoms with E-state index >= 15 is 0 Å². The Labute approximate surface area is 198 Å². The predicted molar refractivity (Wildman–Crippen MR) is 115 cm³/mol. The van der Waals surface area contributed by atoms with Gasteiger partial charge in [0.15, 0.2) is 0 Å². The molecule has 0 aliphatic carbocycles. The minimum absolute atomic E-state index is 0.0174. The summed E-state index contributed by atoms with van der Waals surface area (Å²) in [5.74, 6) is -0.714. The Morgan fingerprint density at radius 3 is 2.45 bits per heavy atom. The molecule has 1 atom stereocenters. The van der Waals surface area contributed by atoms with E-state index in [0.717, 1.165) is 18.2 Å². The maximum atomic E-state index is 13.4. The molecule has 13 heteroatoms. The standard InChI is InChI=1S/C20H13Cl2F5N4OS/c1-19(8-28,29-18(32)10-2-4-11(5-3-10)33-20(25,26)27)9-31-7-13-12(17(23)24)6-14(21)15(22)16(13)30-31/h2-7,17H,9H2,1H3,(H,29,32). The zero-order chi connectivity index (χ0) is 24.6. The molecule has 1 N–H and O–H groups in total. The maximum absolute atomic E-state index is 13.4. The Bertz CT molecular complexity index is 1240. The molecule has 0 bridgehead atoms. The molecule has 0 aliphatic rings. The number of nitriles is 1. The first kappa shape index (κ1) is 25.1. The van der Waals surface area contributed by atoms with Crippen molar-refractivity contribution >= 4 is 51.8 Å². The van der Waals surface area contributed by atoms with Gasteiger partial charge in [-0.15, -0.1) is 0 Å². The zero-order valence-electron chi connectivity index (χ0n) is 16.6. The number of nitrogens with one attached hydrogen (secondary N) is 1. The van der Waals surface area contributed by atoms with E-state index in [2.05, 4.69) is 10.4 Å². The van der Waals surface area contributed by atoms with Gasteiger partial charge in [0.1, 0.15) is 11.1 Å². The number of hydrogen-bond acceptors (Lipinski definition) is 4. The normalized spacial score (nSPS) is 13.7. The van der Waals surface area contributed by atoms with Crippen LogP contribution < -0.4 is 5.32 Å². The van der Waals surface area contributed by atoms with Crippen molar-refractivity contribution in [1.29, 1.82) is 5.26 Å². The Balaban J connectivity index is 1.83. The van der Waals surface area contributed by atoms with Gasteiger partial charge in [-0.1, -0.05) is 23.2 Å². The van der Waals surface area contributed by atoms with Crippen LogP contribution in [0.25, 0.3) is 10.9 Å². The first-order chi connectivity index (χ1) is 15.3. The summed E-state index contributed by atoms with van der Waals surface area (Å²) in [6, 6.07) is 7.62. The molecule has 0 fully saturated rings. The molecule has 3 aromatic rings. The number of halogens is 7. The second-order valence-corrected chi connectivity index (χ2v) is 9.05. The molecular formula is C20H13Cl2F5N4OS. The van der Waals surface area contributed by atoms with Crippen molar-refractivity contribution in [1.82, 2.24) is 15.1 Å². The van der Waals surface area contributed by atoms with Crippen LogP contribution in [-0.4, -0.2) is 26.7 Å². The van der Waals surface area contributed by atoms with Crippen LogP contribution in [0.5, 0.6) is 0 Å². The van der Waals surface area contributed by atoms with Gasteiger partial charge in [-0.25, -0.2) is 8.78 Å². The number of carbonyl (C=O) groups excluding carboxylic acids is 1. The van der Waals surface area contributed by atoms with Gasteiger partial charge in [0.05, 0.1) is 22.7 Å². The zero-order valence-corrected chi connectivity index (χ0v) is 18.9. The minimum Gasteiger partial charge on any atom is -0.332 e. The van der Waals surface area contributed by atoms with Crippen LogP contribution in [-0.2, 0) is 6.54 Å². The van der Waals surface area contributed by atoms with Crippen molar-refractivity contribution in [2.45, 2.75) is 35.8 Å². The van der Waals surface area contributed by atoms with E-state index in [1.165, 1.54) is 29.9 Å². The number of fused-ring (bicyclic) bond motifs is 1. The lowest BCUT2D eigenvalue weighted by Crippen LogP contribution is -2.48. The van der Waals surface area contributed by atoms with Crippen LogP contribution in [0.15, 0.2) is 41.4 Å². The summed E-state index contributed by atoms with van der Waals surface area (Å²) >= 11 is 11.7. The third-order valence-corrected chi connectivity index (χ3v) is 5.99. The van der Waals surface area contributed by atoms with E-state index in [0.29, 0.717) is 0 Å². The summed E-state index contributed by atoms with van der Waals surface area (Å²) in [7, 11) is 0. The van der Waals surface area contributed by atoms with Crippen molar-refractivity contribution in [3.8, 4) is 6.07 Å². The topological polar surface area (TPSA) is 70.7 Å². The van der Waals surface area contributed by atoms with Gasteiger partial charge in [-0.05, 0) is 49.0 Å². The molecule has 3 rings (SSSR count). The molecule has 5 nitrogen and oxygen atoms in total. The highest BCUT2D eigenvalue weighted by Crippen LogP contribution is 2.38. The van der Waals surface area contributed by atoms with Gasteiger partial charge >= 0.3 is 5.51 Å². The Kier molecular flexibility index (Phi) is 7.12. The van der Waals surface area contributed by atoms with Crippen LogP contribution in [0.1, 0.15) is 29.3 Å². The number of benzene rings is 2. The largest absolute Gasteiger partial charge is 0.446 e. The van der Waals surface area contributed by atoms with Crippen LogP contribution in [0, 0.1) is 11.3 Å². The van der Waals surface area contributed by atoms with Crippen LogP contribution >= 0.6 is 35.0 Å². The summed E-state index contributed by atoms with van der Waals surface area (Å²) in [5, 5.41) is 16.2. The molecule has 1 unspecified atom stereocenters. The van der Waals surface area contributed by atoms with Gasteiger partial charge in [-0.2, -0.15) is 23.5 Å². The number of alkyl halides is 5. The van der Waals surface area contributed by atoms with Crippen molar-refractivity contribution in [3.05, 3.63) is 57.7 Å². The molecule has 0 spiro atoms. The Hall–Kier alpha value is -2.55. The Morgan fingerprint density at radius 2 is 1.91 bits per heavy atom. The van der Waals surface area contributed by atoms with Crippen LogP contribution in [0.4, 0.5) is 22.0 Å². The van der Waals surface area contributed by atoms with E-state index in [9.17, 15) is 32.0 Å². The molecule has 0 saturated heterocycles. The molecule has 1 amide bonds. The lowest BCUT2D eigenvalue weighted by molar-refractivity contribution is -0.0328. The highest BCUT2D eigenvalue weighted by molar-refractivity contribution is 8.00. The third kappa shape index (κ3) is 5.88. The average Bonchev–Trinajstić information content (AvgIpc) is 3.13. The number of carbonyl (C=O) groups is 1. The lowest BCUT2D eigenvalue weighted by atomic mass is 10.0. The average molecular weight is 523 g/mol. The molecule has 1 heterocycles. The second-order valence-electron chi connectivity index (χ2n) is 7.12. The molecule has 0 aliphatic heterocycles. The third-order valence-electron chi connectivity index (χ3n) is 4.47. The van der Waals surface area contributed by atoms with Crippen LogP contribution in [0.2, 0.25) is 10.0 Å². The first-order valence-corrected chi connectivity index (χ1v) is 10.6. The van der Waals surface area contributed by atoms with Crippen molar-refractivity contribution in [2.24, 2.45) is 0 Å². The molecular weight excluding hydrogens is 510 g/mol. The Morgan fingerprint density at radius 1 is 1.27 bits per heavy atom. The quantitative estimate of drug-likeness (QED) is 0.292. The minimum atomic E-state index is -4.46. The fourth-order valence-corrected chi connectivity index (χ4v) is 3.95.